The summed E-state index contributed by atoms with van der Waals surface area (Å²) in [4.78, 5) is 79.4. The van der Waals surface area contributed by atoms with Crippen LogP contribution in [0.1, 0.15) is 109 Å². The number of fused-ring (bicyclic) bond motifs is 3. The molecule has 16 nitrogen and oxygen atoms in total. The van der Waals surface area contributed by atoms with Crippen LogP contribution in [0, 0.1) is 18.8 Å². The molecule has 4 amide bonds. The fourth-order valence-corrected chi connectivity index (χ4v) is 11.6. The number of piperidine rings is 2. The van der Waals surface area contributed by atoms with Gasteiger partial charge < -0.3 is 19.7 Å². The van der Waals surface area contributed by atoms with Gasteiger partial charge in [0.25, 0.3) is 5.91 Å². The van der Waals surface area contributed by atoms with Crippen molar-refractivity contribution in [1.29, 1.82) is 0 Å². The van der Waals surface area contributed by atoms with Crippen LogP contribution in [0.4, 0.5) is 16.6 Å². The van der Waals surface area contributed by atoms with Gasteiger partial charge in [0.15, 0.2) is 10.8 Å². The zero-order chi connectivity index (χ0) is 52.5. The molecule has 2 atom stereocenters. The summed E-state index contributed by atoms with van der Waals surface area (Å²) in [6, 6.07) is 29.0. The first-order valence-electron chi connectivity index (χ1n) is 25.9. The second-order valence-electron chi connectivity index (χ2n) is 21.1. The Labute approximate surface area is 440 Å². The van der Waals surface area contributed by atoms with E-state index in [-0.39, 0.29) is 35.7 Å². The van der Waals surface area contributed by atoms with Crippen molar-refractivity contribution in [3.63, 3.8) is 0 Å². The highest BCUT2D eigenvalue weighted by molar-refractivity contribution is 7.22. The van der Waals surface area contributed by atoms with E-state index < -0.39 is 17.5 Å². The first-order chi connectivity index (χ1) is 36.0. The van der Waals surface area contributed by atoms with Crippen LogP contribution < -0.4 is 25.6 Å². The topological polar surface area (TPSA) is 190 Å². The minimum atomic E-state index is -0.754. The van der Waals surface area contributed by atoms with E-state index in [0.717, 1.165) is 81.5 Å². The zero-order valence-corrected chi connectivity index (χ0v) is 44.1. The fraction of sp³-hybridized carbons (Fsp3) is 0.379. The smallest absolute Gasteiger partial charge is 0.358 e. The molecule has 3 aromatic heterocycles. The number of aromatic nitrogens is 4. The lowest BCUT2D eigenvalue weighted by Crippen LogP contribution is -2.40. The number of benzene rings is 4. The number of para-hydroxylation sites is 1. The number of anilines is 3. The molecule has 7 aromatic rings. The van der Waals surface area contributed by atoms with Crippen LogP contribution in [0.5, 0.6) is 5.75 Å². The number of pyridine rings is 1. The lowest BCUT2D eigenvalue weighted by Gasteiger charge is -2.34. The summed E-state index contributed by atoms with van der Waals surface area (Å²) in [5, 5.41) is 14.5. The van der Waals surface area contributed by atoms with Crippen molar-refractivity contribution >= 4 is 78.7 Å². The van der Waals surface area contributed by atoms with Gasteiger partial charge in [-0.25, -0.2) is 14.8 Å². The average molecular weight is 1030 g/mol. The van der Waals surface area contributed by atoms with Crippen molar-refractivity contribution in [3.8, 4) is 16.9 Å². The predicted octanol–water partition coefficient (Wildman–Crippen LogP) is 9.60. The van der Waals surface area contributed by atoms with Gasteiger partial charge in [-0.05, 0) is 162 Å². The molecule has 0 aliphatic carbocycles. The summed E-state index contributed by atoms with van der Waals surface area (Å²) in [5.41, 5.74) is 7.34. The largest absolute Gasteiger partial charge is 0.493 e. The highest BCUT2D eigenvalue weighted by Gasteiger charge is 2.33. The van der Waals surface area contributed by atoms with E-state index in [1.165, 1.54) is 11.3 Å². The van der Waals surface area contributed by atoms with E-state index in [9.17, 15) is 24.0 Å². The number of carbonyl (C=O) groups is 5. The number of hydrogen-bond acceptors (Lipinski definition) is 13. The number of aryl methyl sites for hydroxylation is 1. The molecule has 2 saturated heterocycles. The van der Waals surface area contributed by atoms with Crippen LogP contribution in [-0.2, 0) is 39.1 Å². The minimum Gasteiger partial charge on any atom is -0.493 e. The van der Waals surface area contributed by atoms with Crippen LogP contribution in [0.2, 0.25) is 0 Å². The second kappa shape index (κ2) is 21.4. The Kier molecular flexibility index (Phi) is 14.5. The molecule has 17 heteroatoms. The Bertz CT molecular complexity index is 3320. The summed E-state index contributed by atoms with van der Waals surface area (Å²) in [7, 11) is 1.81. The quantitative estimate of drug-likeness (QED) is 0.0692. The number of nitrogens with one attached hydrogen (secondary N) is 3. The number of thiazole rings is 1. The monoisotopic (exact) mass is 1030 g/mol. The van der Waals surface area contributed by atoms with E-state index in [1.807, 2.05) is 120 Å². The average Bonchev–Trinajstić information content (AvgIpc) is 3.96. The van der Waals surface area contributed by atoms with Gasteiger partial charge in [-0.1, -0.05) is 54.7 Å². The molecular weight excluding hydrogens is 967 g/mol. The maximum Gasteiger partial charge on any atom is 0.358 e. The third-order valence-corrected chi connectivity index (χ3v) is 15.7. The van der Waals surface area contributed by atoms with Gasteiger partial charge in [-0.15, -0.1) is 0 Å². The summed E-state index contributed by atoms with van der Waals surface area (Å²) < 4.78 is 15.2. The molecule has 388 valence electrons. The van der Waals surface area contributed by atoms with Crippen LogP contribution in [-0.4, -0.2) is 92.6 Å². The summed E-state index contributed by atoms with van der Waals surface area (Å²) in [5.74, 6) is 0.334. The normalized spacial score (nSPS) is 16.9. The Morgan fingerprint density at radius 3 is 2.47 bits per heavy atom. The van der Waals surface area contributed by atoms with E-state index in [1.54, 1.807) is 4.68 Å². The van der Waals surface area contributed by atoms with Gasteiger partial charge in [0.05, 0.1) is 40.5 Å². The van der Waals surface area contributed by atoms with Gasteiger partial charge in [0.2, 0.25) is 17.7 Å². The molecule has 3 aliphatic rings. The molecule has 0 spiro atoms. The molecule has 2 fully saturated rings. The molecule has 3 aliphatic heterocycles. The molecule has 0 bridgehead atoms. The molecular formula is C58H63N9O7S. The number of hydrogen-bond donors (Lipinski definition) is 3. The van der Waals surface area contributed by atoms with Crippen LogP contribution in [0.15, 0.2) is 91.0 Å². The number of nitrogens with zero attached hydrogens (tertiary/aromatic N) is 6. The van der Waals surface area contributed by atoms with E-state index in [0.29, 0.717) is 84.4 Å². The van der Waals surface area contributed by atoms with Crippen molar-refractivity contribution in [3.05, 3.63) is 125 Å². The van der Waals surface area contributed by atoms with Gasteiger partial charge in [-0.2, -0.15) is 5.10 Å². The first-order valence-corrected chi connectivity index (χ1v) is 26.7. The van der Waals surface area contributed by atoms with Crippen molar-refractivity contribution in [1.82, 2.24) is 30.0 Å². The number of amides is 4. The van der Waals surface area contributed by atoms with Crippen molar-refractivity contribution in [2.45, 2.75) is 91.2 Å². The van der Waals surface area contributed by atoms with Crippen LogP contribution in [0.25, 0.3) is 32.2 Å². The number of rotatable bonds is 14. The second-order valence-corrected chi connectivity index (χ2v) is 22.1. The van der Waals surface area contributed by atoms with Crippen molar-refractivity contribution < 1.29 is 33.4 Å². The predicted molar refractivity (Wildman–Crippen MR) is 291 cm³/mol. The molecule has 1 unspecified atom stereocenters. The third kappa shape index (κ3) is 11.3. The number of ether oxygens (including phenoxy) is 2. The fourth-order valence-electron chi connectivity index (χ4n) is 10.7. The lowest BCUT2D eigenvalue weighted by atomic mass is 9.84. The number of esters is 1. The summed E-state index contributed by atoms with van der Waals surface area (Å²) in [6.45, 7) is 13.4. The Morgan fingerprint density at radius 2 is 1.68 bits per heavy atom. The van der Waals surface area contributed by atoms with Gasteiger partial charge in [0, 0.05) is 48.8 Å². The Hall–Kier alpha value is -7.50. The minimum absolute atomic E-state index is 0.0868. The molecule has 0 radical (unpaired) electrons. The van der Waals surface area contributed by atoms with Gasteiger partial charge in [-0.3, -0.25) is 39.4 Å². The maximum absolute atomic E-state index is 14.1. The molecule has 75 heavy (non-hydrogen) atoms. The molecule has 3 N–H and O–H groups in total. The summed E-state index contributed by atoms with van der Waals surface area (Å²) in [6.07, 6.45) is 4.22. The van der Waals surface area contributed by atoms with E-state index in [4.69, 9.17) is 14.5 Å². The van der Waals surface area contributed by atoms with Gasteiger partial charge >= 0.3 is 5.97 Å². The van der Waals surface area contributed by atoms with E-state index >= 15 is 0 Å². The number of likely N-dealkylation sites (tertiary alicyclic amines) is 1. The Balaban J connectivity index is 0.752. The van der Waals surface area contributed by atoms with Crippen LogP contribution >= 0.6 is 11.3 Å². The highest BCUT2D eigenvalue weighted by Crippen LogP contribution is 2.37. The molecule has 6 heterocycles. The van der Waals surface area contributed by atoms with Gasteiger partial charge in [0.1, 0.15) is 17.2 Å². The first kappa shape index (κ1) is 51.0. The number of carbonyl (C=O) groups excluding carboxylic acids is 5. The SMILES string of the molecule is Cc1c(OCC[C@@H](C)C2CCN(CC(=O)Nc3ccc4c(C5CCC(=O)NC5=O)nn(C)c4c3)CC2)cccc1-c1ccc(N2CCc3cccc(C(=O)Nc4nc5ccccc5s4)c3C2)nc1C(=O)OC(C)(C)C. The van der Waals surface area contributed by atoms with E-state index in [2.05, 4.69) is 48.8 Å². The highest BCUT2D eigenvalue weighted by atomic mass is 32.1. The van der Waals surface area contributed by atoms with Crippen molar-refractivity contribution in [2.75, 3.05) is 48.3 Å². The molecule has 0 saturated carbocycles. The lowest BCUT2D eigenvalue weighted by molar-refractivity contribution is -0.134. The van der Waals surface area contributed by atoms with Crippen molar-refractivity contribution in [2.24, 2.45) is 18.9 Å². The maximum atomic E-state index is 14.1. The zero-order valence-electron chi connectivity index (χ0n) is 43.3. The molecule has 10 rings (SSSR count). The Morgan fingerprint density at radius 1 is 0.880 bits per heavy atom. The summed E-state index contributed by atoms with van der Waals surface area (Å²) >= 11 is 1.44. The third-order valence-electron chi connectivity index (χ3n) is 14.8. The number of imide groups is 1. The molecule has 4 aromatic carbocycles. The van der Waals surface area contributed by atoms with Crippen LogP contribution in [0.3, 0.4) is 0 Å². The standard InChI is InChI=1S/C58H63N9O7S/c1-34(36-23-27-66(28-24-36)33-51(69)59-38-17-18-42-46(31-38)65(6)64-52(42)43-20-22-50(68)62-55(43)71)26-30-73-47-15-10-12-39(35(47)2)40-19-21-49(61-53(40)56(72)74-58(3,4)5)67-29-25-37-11-9-13-41(44(37)32-67)54(70)63-57-60-45-14-7-8-16-48(45)75-57/h7-19,21,31,34,36,43H,20,22-30,32-33H2,1-6H3,(H,59,69)(H,60,63,70)(H,62,68,71)/t34-,43?/m1/s1.